The number of nitrogens with one attached hydrogen (secondary N) is 1. The van der Waals surface area contributed by atoms with Gasteiger partial charge in [0.25, 0.3) is 5.69 Å². The van der Waals surface area contributed by atoms with Gasteiger partial charge in [-0.25, -0.2) is 8.78 Å². The van der Waals surface area contributed by atoms with Crippen LogP contribution in [0.3, 0.4) is 0 Å². The third-order valence-corrected chi connectivity index (χ3v) is 3.03. The zero-order valence-electron chi connectivity index (χ0n) is 9.08. The number of benzene rings is 1. The molecule has 0 saturated heterocycles. The largest absolute Gasteiger partial charge is 0.380 e. The molecule has 17 heavy (non-hydrogen) atoms. The topological polar surface area (TPSA) is 55.2 Å². The normalized spacial score (nSPS) is 15.4. The molecule has 0 aromatic heterocycles. The van der Waals surface area contributed by atoms with Gasteiger partial charge in [-0.1, -0.05) is 6.42 Å². The molecule has 92 valence electrons. The second kappa shape index (κ2) is 4.65. The molecule has 1 aliphatic carbocycles. The first-order chi connectivity index (χ1) is 8.08. The molecule has 0 amide bonds. The highest BCUT2D eigenvalue weighted by Crippen LogP contribution is 2.29. The summed E-state index contributed by atoms with van der Waals surface area (Å²) in [5.74, 6) is -1.39. The minimum Gasteiger partial charge on any atom is -0.380 e. The maximum absolute atomic E-state index is 13.4. The Hall–Kier alpha value is -1.72. The number of nitro benzene ring substituents is 1. The first-order valence-electron chi connectivity index (χ1n) is 5.45. The molecule has 0 spiro atoms. The lowest BCUT2D eigenvalue weighted by molar-refractivity contribution is -0.385. The SMILES string of the molecule is O=[N+]([O-])c1cc(F)c(NCC2CCC2)c(F)c1. The van der Waals surface area contributed by atoms with Crippen molar-refractivity contribution in [2.24, 2.45) is 5.92 Å². The molecule has 1 N–H and O–H groups in total. The number of hydrogen-bond acceptors (Lipinski definition) is 3. The predicted octanol–water partition coefficient (Wildman–Crippen LogP) is 3.09. The third-order valence-electron chi connectivity index (χ3n) is 3.03. The van der Waals surface area contributed by atoms with Gasteiger partial charge in [0.2, 0.25) is 0 Å². The summed E-state index contributed by atoms with van der Waals surface area (Å²) in [4.78, 5) is 9.57. The Balaban J connectivity index is 2.12. The van der Waals surface area contributed by atoms with E-state index >= 15 is 0 Å². The van der Waals surface area contributed by atoms with E-state index in [0.717, 1.165) is 31.4 Å². The van der Waals surface area contributed by atoms with Crippen molar-refractivity contribution in [3.05, 3.63) is 33.9 Å². The van der Waals surface area contributed by atoms with Crippen molar-refractivity contribution in [3.8, 4) is 0 Å². The third kappa shape index (κ3) is 2.51. The van der Waals surface area contributed by atoms with Crippen LogP contribution >= 0.6 is 0 Å². The van der Waals surface area contributed by atoms with Crippen LogP contribution in [0.5, 0.6) is 0 Å². The van der Waals surface area contributed by atoms with E-state index in [1.54, 1.807) is 0 Å². The molecule has 0 atom stereocenters. The fourth-order valence-electron chi connectivity index (χ4n) is 1.78. The smallest absolute Gasteiger partial charge is 0.275 e. The van der Waals surface area contributed by atoms with E-state index in [2.05, 4.69) is 5.32 Å². The highest BCUT2D eigenvalue weighted by Gasteiger charge is 2.20. The van der Waals surface area contributed by atoms with Gasteiger partial charge >= 0.3 is 0 Å². The van der Waals surface area contributed by atoms with Gasteiger partial charge in [0.1, 0.15) is 5.69 Å². The van der Waals surface area contributed by atoms with Crippen LogP contribution in [-0.4, -0.2) is 11.5 Å². The summed E-state index contributed by atoms with van der Waals surface area (Å²) in [6.45, 7) is 0.506. The number of nitro groups is 1. The van der Waals surface area contributed by atoms with E-state index in [9.17, 15) is 18.9 Å². The molecule has 0 heterocycles. The summed E-state index contributed by atoms with van der Waals surface area (Å²) in [6, 6.07) is 1.46. The Labute approximate surface area is 96.8 Å². The lowest BCUT2D eigenvalue weighted by Crippen LogP contribution is -2.21. The Morgan fingerprint density at radius 3 is 2.35 bits per heavy atom. The van der Waals surface area contributed by atoms with Gasteiger partial charge in [-0.15, -0.1) is 0 Å². The van der Waals surface area contributed by atoms with Crippen LogP contribution in [0.2, 0.25) is 0 Å². The zero-order chi connectivity index (χ0) is 12.4. The van der Waals surface area contributed by atoms with Crippen LogP contribution in [0.25, 0.3) is 0 Å². The second-order valence-corrected chi connectivity index (χ2v) is 4.22. The van der Waals surface area contributed by atoms with Crippen molar-refractivity contribution < 1.29 is 13.7 Å². The second-order valence-electron chi connectivity index (χ2n) is 4.22. The average molecular weight is 242 g/mol. The zero-order valence-corrected chi connectivity index (χ0v) is 9.08. The van der Waals surface area contributed by atoms with E-state index < -0.39 is 22.2 Å². The van der Waals surface area contributed by atoms with Crippen LogP contribution in [0.15, 0.2) is 12.1 Å². The Bertz CT molecular complexity index is 424. The maximum atomic E-state index is 13.4. The molecule has 6 heteroatoms. The summed E-state index contributed by atoms with van der Waals surface area (Å²) < 4.78 is 26.9. The molecule has 4 nitrogen and oxygen atoms in total. The van der Waals surface area contributed by atoms with Crippen molar-refractivity contribution in [2.75, 3.05) is 11.9 Å². The first kappa shape index (κ1) is 11.8. The Kier molecular flexibility index (Phi) is 3.21. The van der Waals surface area contributed by atoms with Crippen molar-refractivity contribution in [1.29, 1.82) is 0 Å². The van der Waals surface area contributed by atoms with Crippen LogP contribution < -0.4 is 5.32 Å². The van der Waals surface area contributed by atoms with Gasteiger partial charge in [-0.05, 0) is 18.8 Å². The van der Waals surface area contributed by atoms with Gasteiger partial charge < -0.3 is 5.32 Å². The highest BCUT2D eigenvalue weighted by molar-refractivity contribution is 5.51. The molecule has 0 aliphatic heterocycles. The molecule has 0 unspecified atom stereocenters. The summed E-state index contributed by atoms with van der Waals surface area (Å²) in [6.07, 6.45) is 3.27. The van der Waals surface area contributed by atoms with Crippen molar-refractivity contribution in [1.82, 2.24) is 0 Å². The van der Waals surface area contributed by atoms with Crippen molar-refractivity contribution >= 4 is 11.4 Å². The van der Waals surface area contributed by atoms with E-state index in [4.69, 9.17) is 0 Å². The Morgan fingerprint density at radius 2 is 1.94 bits per heavy atom. The molecule has 1 aliphatic rings. The maximum Gasteiger partial charge on any atom is 0.275 e. The molecule has 1 aromatic rings. The summed E-state index contributed by atoms with van der Waals surface area (Å²) >= 11 is 0. The average Bonchev–Trinajstić information content (AvgIpc) is 2.18. The first-order valence-corrected chi connectivity index (χ1v) is 5.45. The molecule has 1 fully saturated rings. The van der Waals surface area contributed by atoms with E-state index in [1.807, 2.05) is 0 Å². The van der Waals surface area contributed by atoms with Gasteiger partial charge in [0.15, 0.2) is 11.6 Å². The van der Waals surface area contributed by atoms with E-state index in [-0.39, 0.29) is 5.69 Å². The van der Waals surface area contributed by atoms with Gasteiger partial charge in [-0.2, -0.15) is 0 Å². The quantitative estimate of drug-likeness (QED) is 0.652. The minimum atomic E-state index is -0.920. The van der Waals surface area contributed by atoms with E-state index in [1.165, 1.54) is 0 Å². The summed E-state index contributed by atoms with van der Waals surface area (Å²) in [5.41, 5.74) is -0.850. The monoisotopic (exact) mass is 242 g/mol. The van der Waals surface area contributed by atoms with Crippen LogP contribution in [0, 0.1) is 27.7 Å². The van der Waals surface area contributed by atoms with E-state index in [0.29, 0.717) is 12.5 Å². The molecular formula is C11H12F2N2O2. The molecule has 0 bridgehead atoms. The van der Waals surface area contributed by atoms with Crippen molar-refractivity contribution in [3.63, 3.8) is 0 Å². The number of rotatable bonds is 4. The lowest BCUT2D eigenvalue weighted by atomic mass is 9.85. The minimum absolute atomic E-state index is 0.275. The number of halogens is 2. The summed E-state index contributed by atoms with van der Waals surface area (Å²) in [7, 11) is 0. The van der Waals surface area contributed by atoms with Gasteiger partial charge in [-0.3, -0.25) is 10.1 Å². The number of non-ortho nitro benzene ring substituents is 1. The number of hydrogen-bond donors (Lipinski definition) is 1. The van der Waals surface area contributed by atoms with Crippen molar-refractivity contribution in [2.45, 2.75) is 19.3 Å². The van der Waals surface area contributed by atoms with Gasteiger partial charge in [0.05, 0.1) is 17.1 Å². The fraction of sp³-hybridized carbons (Fsp3) is 0.455. The van der Waals surface area contributed by atoms with Crippen LogP contribution in [-0.2, 0) is 0 Å². The molecule has 1 saturated carbocycles. The molecule has 0 radical (unpaired) electrons. The predicted molar refractivity (Wildman–Crippen MR) is 58.8 cm³/mol. The fourth-order valence-corrected chi connectivity index (χ4v) is 1.78. The lowest BCUT2D eigenvalue weighted by Gasteiger charge is -2.26. The number of nitrogens with zero attached hydrogens (tertiary/aromatic N) is 1. The van der Waals surface area contributed by atoms with Gasteiger partial charge in [0, 0.05) is 6.54 Å². The Morgan fingerprint density at radius 1 is 1.35 bits per heavy atom. The number of anilines is 1. The highest BCUT2D eigenvalue weighted by atomic mass is 19.1. The van der Waals surface area contributed by atoms with Crippen LogP contribution in [0.1, 0.15) is 19.3 Å². The molecule has 2 rings (SSSR count). The molecule has 1 aromatic carbocycles. The standard InChI is InChI=1S/C11H12F2N2O2/c12-9-4-8(15(16)17)5-10(13)11(9)14-6-7-2-1-3-7/h4-5,7,14H,1-3,6H2. The van der Waals surface area contributed by atoms with Crippen LogP contribution in [0.4, 0.5) is 20.2 Å². The molecular weight excluding hydrogens is 230 g/mol. The summed E-state index contributed by atoms with van der Waals surface area (Å²) in [5, 5.41) is 13.1.